The fourth-order valence-corrected chi connectivity index (χ4v) is 2.02. The molecule has 1 amide bonds. The minimum Gasteiger partial charge on any atom is -0.381 e. The third-order valence-electron chi connectivity index (χ3n) is 2.94. The van der Waals surface area contributed by atoms with Crippen molar-refractivity contribution in [2.45, 2.75) is 38.3 Å². The monoisotopic (exact) mass is 219 g/mol. The molecule has 0 aromatic heterocycles. The van der Waals surface area contributed by atoms with Gasteiger partial charge in [0.05, 0.1) is 0 Å². The van der Waals surface area contributed by atoms with Crippen LogP contribution in [-0.4, -0.2) is 22.7 Å². The molecule has 1 aliphatic rings. The van der Waals surface area contributed by atoms with E-state index < -0.39 is 5.60 Å². The normalized spacial score (nSPS) is 15.9. The third kappa shape index (κ3) is 2.25. The van der Waals surface area contributed by atoms with Crippen LogP contribution in [0, 0.1) is 0 Å². The molecule has 16 heavy (non-hydrogen) atoms. The molecule has 0 aliphatic heterocycles. The van der Waals surface area contributed by atoms with Gasteiger partial charge in [0.1, 0.15) is 5.60 Å². The van der Waals surface area contributed by atoms with Crippen molar-refractivity contribution in [2.75, 3.05) is 0 Å². The highest BCUT2D eigenvalue weighted by atomic mass is 16.3. The summed E-state index contributed by atoms with van der Waals surface area (Å²) in [5.41, 5.74) is 1.29. The molecule has 1 aliphatic carbocycles. The summed E-state index contributed by atoms with van der Waals surface area (Å²) in [5.74, 6) is -0.301. The van der Waals surface area contributed by atoms with Crippen LogP contribution >= 0.6 is 0 Å². The lowest BCUT2D eigenvalue weighted by Gasteiger charge is -2.20. The lowest BCUT2D eigenvalue weighted by atomic mass is 10.1. The molecule has 0 fully saturated rings. The molecule has 0 atom stereocenters. The van der Waals surface area contributed by atoms with Crippen LogP contribution in [0.2, 0.25) is 0 Å². The van der Waals surface area contributed by atoms with Crippen LogP contribution in [0.5, 0.6) is 0 Å². The van der Waals surface area contributed by atoms with Gasteiger partial charge in [-0.3, -0.25) is 4.79 Å². The lowest BCUT2D eigenvalue weighted by Crippen LogP contribution is -2.47. The molecule has 0 saturated carbocycles. The second kappa shape index (κ2) is 3.91. The van der Waals surface area contributed by atoms with E-state index >= 15 is 0 Å². The zero-order valence-electron chi connectivity index (χ0n) is 9.66. The molecular formula is C13H17NO2. The molecule has 1 aromatic carbocycles. The van der Waals surface area contributed by atoms with Crippen molar-refractivity contribution in [2.24, 2.45) is 0 Å². The van der Waals surface area contributed by atoms with Crippen LogP contribution in [0.3, 0.4) is 0 Å². The Kier molecular flexibility index (Phi) is 2.72. The third-order valence-corrected chi connectivity index (χ3v) is 2.94. The summed E-state index contributed by atoms with van der Waals surface area (Å²) < 4.78 is 0. The summed E-state index contributed by atoms with van der Waals surface area (Å²) in [7, 11) is 0. The van der Waals surface area contributed by atoms with Crippen LogP contribution in [0.1, 0.15) is 25.0 Å². The summed E-state index contributed by atoms with van der Waals surface area (Å²) in [6.45, 7) is 3.01. The zero-order chi connectivity index (χ0) is 11.8. The van der Waals surface area contributed by atoms with Gasteiger partial charge in [0.25, 0.3) is 5.91 Å². The Morgan fingerprint density at radius 1 is 1.31 bits per heavy atom. The zero-order valence-corrected chi connectivity index (χ0v) is 9.66. The summed E-state index contributed by atoms with van der Waals surface area (Å²) in [4.78, 5) is 11.6. The first-order chi connectivity index (χ1) is 7.47. The Balaban J connectivity index is 2.00. The van der Waals surface area contributed by atoms with E-state index in [1.54, 1.807) is 0 Å². The fraction of sp³-hybridized carbons (Fsp3) is 0.462. The highest BCUT2D eigenvalue weighted by Gasteiger charge is 2.28. The van der Waals surface area contributed by atoms with Crippen molar-refractivity contribution >= 4 is 5.91 Å². The van der Waals surface area contributed by atoms with E-state index in [0.29, 0.717) is 0 Å². The van der Waals surface area contributed by atoms with Gasteiger partial charge in [-0.2, -0.15) is 0 Å². The number of carbonyl (C=O) groups excluding carboxylic acids is 1. The van der Waals surface area contributed by atoms with E-state index in [4.69, 9.17) is 0 Å². The van der Waals surface area contributed by atoms with Crippen LogP contribution in [0.25, 0.3) is 0 Å². The molecule has 86 valence electrons. The van der Waals surface area contributed by atoms with Crippen LogP contribution in [-0.2, 0) is 17.6 Å². The Labute approximate surface area is 95.5 Å². The Morgan fingerprint density at radius 2 is 1.81 bits per heavy atom. The van der Waals surface area contributed by atoms with Crippen molar-refractivity contribution in [3.05, 3.63) is 35.4 Å². The first-order valence-electron chi connectivity index (χ1n) is 5.57. The van der Waals surface area contributed by atoms with Gasteiger partial charge in [-0.25, -0.2) is 0 Å². The first-order valence-corrected chi connectivity index (χ1v) is 5.57. The Bertz CT molecular complexity index is 382. The number of amides is 1. The first kappa shape index (κ1) is 11.1. The minimum atomic E-state index is -1.30. The number of benzene rings is 1. The summed E-state index contributed by atoms with van der Waals surface area (Å²) in [5, 5.41) is 12.4. The quantitative estimate of drug-likeness (QED) is 0.781. The van der Waals surface area contributed by atoms with Crippen molar-refractivity contribution in [1.82, 2.24) is 5.32 Å². The lowest BCUT2D eigenvalue weighted by molar-refractivity contribution is -0.137. The largest absolute Gasteiger partial charge is 0.381 e. The van der Waals surface area contributed by atoms with E-state index in [1.807, 2.05) is 12.1 Å². The summed E-state index contributed by atoms with van der Waals surface area (Å²) in [6.07, 6.45) is 1.72. The van der Waals surface area contributed by atoms with Gasteiger partial charge in [0, 0.05) is 6.04 Å². The van der Waals surface area contributed by atoms with Crippen molar-refractivity contribution in [1.29, 1.82) is 0 Å². The van der Waals surface area contributed by atoms with Gasteiger partial charge in [-0.05, 0) is 37.8 Å². The maximum Gasteiger partial charge on any atom is 0.251 e. The maximum atomic E-state index is 11.6. The van der Waals surface area contributed by atoms with Crippen molar-refractivity contribution in [3.63, 3.8) is 0 Å². The molecule has 0 radical (unpaired) electrons. The van der Waals surface area contributed by atoms with Gasteiger partial charge in [-0.15, -0.1) is 0 Å². The molecule has 0 unspecified atom stereocenters. The average Bonchev–Trinajstić information content (AvgIpc) is 2.58. The number of carbonyl (C=O) groups is 1. The van der Waals surface area contributed by atoms with Crippen LogP contribution in [0.15, 0.2) is 24.3 Å². The fourth-order valence-electron chi connectivity index (χ4n) is 2.02. The Hall–Kier alpha value is -1.35. The predicted octanol–water partition coefficient (Wildman–Crippen LogP) is 1.04. The number of nitrogens with one attached hydrogen (secondary N) is 1. The summed E-state index contributed by atoms with van der Waals surface area (Å²) in [6, 6.07) is 8.33. The smallest absolute Gasteiger partial charge is 0.251 e. The van der Waals surface area contributed by atoms with Crippen LogP contribution < -0.4 is 5.32 Å². The summed E-state index contributed by atoms with van der Waals surface area (Å²) >= 11 is 0. The molecule has 1 aromatic rings. The van der Waals surface area contributed by atoms with Gasteiger partial charge >= 0.3 is 0 Å². The van der Waals surface area contributed by atoms with Gasteiger partial charge in [-0.1, -0.05) is 24.3 Å². The number of fused-ring (bicyclic) bond motifs is 1. The molecular weight excluding hydrogens is 202 g/mol. The number of hydrogen-bond donors (Lipinski definition) is 2. The SMILES string of the molecule is CC(C)(O)C(=O)NC1Cc2ccccc2C1. The van der Waals surface area contributed by atoms with E-state index in [0.717, 1.165) is 12.8 Å². The van der Waals surface area contributed by atoms with Gasteiger partial charge < -0.3 is 10.4 Å². The van der Waals surface area contributed by atoms with Gasteiger partial charge in [0.2, 0.25) is 0 Å². The van der Waals surface area contributed by atoms with E-state index in [2.05, 4.69) is 17.4 Å². The van der Waals surface area contributed by atoms with E-state index in [-0.39, 0.29) is 11.9 Å². The molecule has 0 bridgehead atoms. The molecule has 2 rings (SSSR count). The average molecular weight is 219 g/mol. The number of rotatable bonds is 2. The highest BCUT2D eigenvalue weighted by molar-refractivity contribution is 5.84. The van der Waals surface area contributed by atoms with Crippen molar-refractivity contribution < 1.29 is 9.90 Å². The molecule has 2 N–H and O–H groups in total. The molecule has 0 saturated heterocycles. The second-order valence-corrected chi connectivity index (χ2v) is 4.91. The molecule has 3 heteroatoms. The predicted molar refractivity (Wildman–Crippen MR) is 62.1 cm³/mol. The van der Waals surface area contributed by atoms with Crippen LogP contribution in [0.4, 0.5) is 0 Å². The molecule has 0 spiro atoms. The molecule has 3 nitrogen and oxygen atoms in total. The van der Waals surface area contributed by atoms with E-state index in [1.165, 1.54) is 25.0 Å². The van der Waals surface area contributed by atoms with E-state index in [9.17, 15) is 9.90 Å². The maximum absolute atomic E-state index is 11.6. The van der Waals surface area contributed by atoms with Gasteiger partial charge in [0.15, 0.2) is 0 Å². The highest BCUT2D eigenvalue weighted by Crippen LogP contribution is 2.21. The topological polar surface area (TPSA) is 49.3 Å². The second-order valence-electron chi connectivity index (χ2n) is 4.91. The Morgan fingerprint density at radius 3 is 2.25 bits per heavy atom. The number of hydrogen-bond acceptors (Lipinski definition) is 2. The molecule has 0 heterocycles. The minimum absolute atomic E-state index is 0.122. The van der Waals surface area contributed by atoms with Crippen molar-refractivity contribution in [3.8, 4) is 0 Å². The number of aliphatic hydroxyl groups is 1. The standard InChI is InChI=1S/C13H17NO2/c1-13(2,16)12(15)14-11-7-9-5-3-4-6-10(9)8-11/h3-6,11,16H,7-8H2,1-2H3,(H,14,15).